The lowest BCUT2D eigenvalue weighted by atomic mass is 10.0. The van der Waals surface area contributed by atoms with Gasteiger partial charge in [0.2, 0.25) is 21.8 Å². The Morgan fingerprint density at radius 1 is 1.02 bits per heavy atom. The van der Waals surface area contributed by atoms with Crippen LogP contribution in [0.3, 0.4) is 0 Å². The summed E-state index contributed by atoms with van der Waals surface area (Å²) in [4.78, 5) is 41.9. The topological polar surface area (TPSA) is 169 Å². The van der Waals surface area contributed by atoms with Crippen LogP contribution in [0.5, 0.6) is 0 Å². The summed E-state index contributed by atoms with van der Waals surface area (Å²) >= 11 is 0. The highest BCUT2D eigenvalue weighted by molar-refractivity contribution is 7.89. The Hall–Kier alpha value is -3.97. The number of carboxylic acid groups (broad SMARTS) is 1. The van der Waals surface area contributed by atoms with Gasteiger partial charge in [-0.2, -0.15) is 4.31 Å². The number of aliphatic imine (C=N–C) groups is 1. The van der Waals surface area contributed by atoms with Gasteiger partial charge in [0, 0.05) is 44.7 Å². The summed E-state index contributed by atoms with van der Waals surface area (Å²) in [5.41, 5.74) is 1.25. The fourth-order valence-corrected chi connectivity index (χ4v) is 6.79. The molecule has 1 fully saturated rings. The molecule has 12 nitrogen and oxygen atoms in total. The van der Waals surface area contributed by atoms with Crippen molar-refractivity contribution in [3.05, 3.63) is 60.2 Å². The maximum Gasteiger partial charge on any atom is 0.326 e. The molecule has 2 atom stereocenters. The molecule has 232 valence electrons. The van der Waals surface area contributed by atoms with Crippen molar-refractivity contribution < 1.29 is 27.9 Å². The van der Waals surface area contributed by atoms with Gasteiger partial charge in [-0.3, -0.25) is 14.6 Å². The molecular formula is C30H40N6O6S. The fraction of sp³-hybridized carbons (Fsp3) is 0.467. The number of guanidine groups is 1. The van der Waals surface area contributed by atoms with E-state index in [1.807, 2.05) is 0 Å². The number of carboxylic acids is 1. The standard InChI is InChI=1S/C30H40N6O6S/c37-27(12-5-2-6-17-31-30-32-18-8-19-33-30)34-23-15-13-22(14-16-23)21-25(29(39)40)35-28(38)26-11-7-20-36(26)43(41,42)24-9-3-1-4-10-24/h1,3-4,9-10,13-16,25-26H,2,5-8,11-12,17-21H2,(H,34,37)(H,35,38)(H,39,40)(H2,31,32,33)/t25-,26-/m0/s1. The van der Waals surface area contributed by atoms with E-state index in [9.17, 15) is 27.9 Å². The Balaban J connectivity index is 1.22. The summed E-state index contributed by atoms with van der Waals surface area (Å²) in [6, 6.07) is 12.4. The third kappa shape index (κ3) is 9.26. The zero-order valence-electron chi connectivity index (χ0n) is 24.1. The van der Waals surface area contributed by atoms with Gasteiger partial charge in [0.15, 0.2) is 5.96 Å². The second kappa shape index (κ2) is 15.5. The molecule has 2 aliphatic heterocycles. The van der Waals surface area contributed by atoms with Crippen molar-refractivity contribution in [2.24, 2.45) is 4.99 Å². The van der Waals surface area contributed by atoms with Crippen molar-refractivity contribution in [2.45, 2.75) is 68.3 Å². The van der Waals surface area contributed by atoms with E-state index in [1.165, 1.54) is 12.1 Å². The molecule has 2 amide bonds. The second-order valence-corrected chi connectivity index (χ2v) is 12.6. The van der Waals surface area contributed by atoms with Crippen molar-refractivity contribution >= 4 is 39.5 Å². The second-order valence-electron chi connectivity index (χ2n) is 10.7. The van der Waals surface area contributed by atoms with Crippen LogP contribution in [0, 0.1) is 0 Å². The van der Waals surface area contributed by atoms with Crippen LogP contribution in [0.1, 0.15) is 50.5 Å². The van der Waals surface area contributed by atoms with Crippen molar-refractivity contribution in [2.75, 3.05) is 31.5 Å². The van der Waals surface area contributed by atoms with E-state index in [0.29, 0.717) is 30.5 Å². The van der Waals surface area contributed by atoms with Crippen LogP contribution in [0.4, 0.5) is 5.69 Å². The zero-order chi connectivity index (χ0) is 30.7. The quantitative estimate of drug-likeness (QED) is 0.202. The number of sulfonamides is 1. The van der Waals surface area contributed by atoms with Crippen LogP contribution in [-0.2, 0) is 30.8 Å². The lowest BCUT2D eigenvalue weighted by molar-refractivity contribution is -0.142. The molecule has 2 aromatic rings. The Kier molecular flexibility index (Phi) is 11.5. The monoisotopic (exact) mass is 612 g/mol. The highest BCUT2D eigenvalue weighted by Crippen LogP contribution is 2.26. The molecule has 2 aromatic carbocycles. The van der Waals surface area contributed by atoms with E-state index in [4.69, 9.17) is 0 Å². The first-order valence-corrected chi connectivity index (χ1v) is 16.2. The lowest BCUT2D eigenvalue weighted by Crippen LogP contribution is -2.51. The van der Waals surface area contributed by atoms with Crippen molar-refractivity contribution in [1.82, 2.24) is 20.3 Å². The van der Waals surface area contributed by atoms with Gasteiger partial charge >= 0.3 is 5.97 Å². The molecular weight excluding hydrogens is 572 g/mol. The number of unbranched alkanes of at least 4 members (excludes halogenated alkanes) is 2. The number of hydrogen-bond donors (Lipinski definition) is 5. The van der Waals surface area contributed by atoms with E-state index in [2.05, 4.69) is 26.3 Å². The minimum absolute atomic E-state index is 0.00341. The minimum Gasteiger partial charge on any atom is -0.480 e. The van der Waals surface area contributed by atoms with Gasteiger partial charge in [0.25, 0.3) is 0 Å². The summed E-state index contributed by atoms with van der Waals surface area (Å²) in [6.45, 7) is 2.77. The third-order valence-electron chi connectivity index (χ3n) is 7.42. The van der Waals surface area contributed by atoms with Crippen LogP contribution < -0.4 is 21.3 Å². The average Bonchev–Trinajstić information content (AvgIpc) is 3.52. The zero-order valence-corrected chi connectivity index (χ0v) is 24.9. The normalized spacial score (nSPS) is 17.8. The van der Waals surface area contributed by atoms with Crippen LogP contribution in [-0.4, -0.2) is 79.8 Å². The molecule has 1 saturated heterocycles. The third-order valence-corrected chi connectivity index (χ3v) is 9.34. The number of hydrogen-bond acceptors (Lipinski definition) is 8. The Bertz CT molecular complexity index is 1380. The number of amides is 2. The summed E-state index contributed by atoms with van der Waals surface area (Å²) in [6.07, 6.45) is 4.86. The average molecular weight is 613 g/mol. The van der Waals surface area contributed by atoms with Crippen molar-refractivity contribution in [3.63, 3.8) is 0 Å². The van der Waals surface area contributed by atoms with Gasteiger partial charge in [-0.25, -0.2) is 13.2 Å². The van der Waals surface area contributed by atoms with Gasteiger partial charge in [0.1, 0.15) is 12.1 Å². The van der Waals surface area contributed by atoms with Crippen LogP contribution >= 0.6 is 0 Å². The van der Waals surface area contributed by atoms with E-state index < -0.39 is 34.0 Å². The Labute approximate surface area is 252 Å². The summed E-state index contributed by atoms with van der Waals surface area (Å²) in [7, 11) is -3.90. The maximum atomic E-state index is 13.1. The number of anilines is 1. The largest absolute Gasteiger partial charge is 0.480 e. The summed E-state index contributed by atoms with van der Waals surface area (Å²) in [5, 5.41) is 21.7. The molecule has 0 aliphatic carbocycles. The number of carbonyl (C=O) groups is 3. The van der Waals surface area contributed by atoms with Crippen LogP contribution in [0.15, 0.2) is 64.5 Å². The number of rotatable bonds is 14. The molecule has 4 rings (SSSR count). The first-order chi connectivity index (χ1) is 20.7. The van der Waals surface area contributed by atoms with E-state index in [0.717, 1.165) is 55.6 Å². The molecule has 0 spiro atoms. The Morgan fingerprint density at radius 3 is 2.49 bits per heavy atom. The smallest absolute Gasteiger partial charge is 0.326 e. The summed E-state index contributed by atoms with van der Waals surface area (Å²) in [5.74, 6) is -1.11. The number of benzene rings is 2. The molecule has 0 saturated carbocycles. The SMILES string of the molecule is O=C(CCCCCNC1=NCCCN1)Nc1ccc(C[C@H](NC(=O)[C@@H]2CCCN2S(=O)(=O)c2ccccc2)C(=O)O)cc1. The van der Waals surface area contributed by atoms with E-state index in [1.54, 1.807) is 42.5 Å². The molecule has 43 heavy (non-hydrogen) atoms. The molecule has 5 N–H and O–H groups in total. The van der Waals surface area contributed by atoms with Gasteiger partial charge in [0.05, 0.1) is 4.90 Å². The van der Waals surface area contributed by atoms with Gasteiger partial charge in [-0.15, -0.1) is 0 Å². The maximum absolute atomic E-state index is 13.1. The molecule has 0 unspecified atom stereocenters. The molecule has 0 aromatic heterocycles. The number of nitrogens with one attached hydrogen (secondary N) is 4. The van der Waals surface area contributed by atoms with Crippen LogP contribution in [0.25, 0.3) is 0 Å². The number of nitrogens with zero attached hydrogens (tertiary/aromatic N) is 2. The fourth-order valence-electron chi connectivity index (χ4n) is 5.11. The Morgan fingerprint density at radius 2 is 1.79 bits per heavy atom. The van der Waals surface area contributed by atoms with E-state index in [-0.39, 0.29) is 23.8 Å². The van der Waals surface area contributed by atoms with Gasteiger partial charge < -0.3 is 26.4 Å². The molecule has 0 radical (unpaired) electrons. The minimum atomic E-state index is -3.90. The number of aliphatic carboxylic acids is 1. The highest BCUT2D eigenvalue weighted by Gasteiger charge is 2.40. The highest BCUT2D eigenvalue weighted by atomic mass is 32.2. The first kappa shape index (κ1) is 32.0. The summed E-state index contributed by atoms with van der Waals surface area (Å²) < 4.78 is 27.4. The van der Waals surface area contributed by atoms with Crippen molar-refractivity contribution in [3.8, 4) is 0 Å². The predicted octanol–water partition coefficient (Wildman–Crippen LogP) is 2.09. The molecule has 13 heteroatoms. The number of carbonyl (C=O) groups excluding carboxylic acids is 2. The molecule has 2 heterocycles. The molecule has 0 bridgehead atoms. The van der Waals surface area contributed by atoms with Crippen LogP contribution in [0.2, 0.25) is 0 Å². The lowest BCUT2D eigenvalue weighted by Gasteiger charge is -2.25. The predicted molar refractivity (Wildman–Crippen MR) is 163 cm³/mol. The molecule has 2 aliphatic rings. The van der Waals surface area contributed by atoms with Gasteiger partial charge in [-0.05, 0) is 61.9 Å². The van der Waals surface area contributed by atoms with Crippen molar-refractivity contribution in [1.29, 1.82) is 0 Å². The van der Waals surface area contributed by atoms with Gasteiger partial charge in [-0.1, -0.05) is 36.8 Å². The van der Waals surface area contributed by atoms with E-state index >= 15 is 0 Å². The first-order valence-electron chi connectivity index (χ1n) is 14.7.